The fourth-order valence-electron chi connectivity index (χ4n) is 9.88. The zero-order chi connectivity index (χ0) is 38.3. The van der Waals surface area contributed by atoms with Crippen molar-refractivity contribution < 1.29 is 0 Å². The Morgan fingerprint density at radius 2 is 0.845 bits per heavy atom. The van der Waals surface area contributed by atoms with Gasteiger partial charge in [0.1, 0.15) is 0 Å². The van der Waals surface area contributed by atoms with Crippen molar-refractivity contribution in [3.8, 4) is 28.2 Å². The van der Waals surface area contributed by atoms with Gasteiger partial charge in [0, 0.05) is 55.3 Å². The molecule has 1 aliphatic rings. The molecule has 0 fully saturated rings. The van der Waals surface area contributed by atoms with E-state index in [-0.39, 0.29) is 0 Å². The predicted molar refractivity (Wildman–Crippen MR) is 245 cm³/mol. The maximum atomic E-state index is 2.49. The molecule has 0 bridgehead atoms. The summed E-state index contributed by atoms with van der Waals surface area (Å²) in [6.07, 6.45) is 3.45. The van der Waals surface area contributed by atoms with Gasteiger partial charge >= 0.3 is 0 Å². The molecule has 1 atom stereocenters. The summed E-state index contributed by atoms with van der Waals surface area (Å²) in [5, 5.41) is 6.38. The average Bonchev–Trinajstić information content (AvgIpc) is 3.92. The number of hydrogen-bond donors (Lipinski definition) is 0. The van der Waals surface area contributed by atoms with Gasteiger partial charge in [0.15, 0.2) is 0 Å². The van der Waals surface area contributed by atoms with Crippen molar-refractivity contribution in [1.29, 1.82) is 0 Å². The summed E-state index contributed by atoms with van der Waals surface area (Å²) in [6.45, 7) is 2.39. The number of aromatic nitrogens is 3. The van der Waals surface area contributed by atoms with E-state index >= 15 is 0 Å². The van der Waals surface area contributed by atoms with Gasteiger partial charge in [0.25, 0.3) is 0 Å². The number of benzene rings is 8. The quantitative estimate of drug-likeness (QED) is 0.167. The van der Waals surface area contributed by atoms with Gasteiger partial charge in [-0.2, -0.15) is 0 Å². The van der Waals surface area contributed by atoms with E-state index < -0.39 is 0 Å². The van der Waals surface area contributed by atoms with Crippen LogP contribution in [0.15, 0.2) is 194 Å². The van der Waals surface area contributed by atoms with E-state index in [1.54, 1.807) is 0 Å². The number of para-hydroxylation sites is 4. The number of nitrogens with zero attached hydrogens (tertiary/aromatic N) is 3. The maximum absolute atomic E-state index is 2.49. The molecule has 0 N–H and O–H groups in total. The summed E-state index contributed by atoms with van der Waals surface area (Å²) in [5.41, 5.74) is 17.5. The average molecular weight is 742 g/mol. The molecular weight excluding hydrogens is 703 g/mol. The highest BCUT2D eigenvalue weighted by atomic mass is 15.0. The molecule has 3 nitrogen and oxygen atoms in total. The summed E-state index contributed by atoms with van der Waals surface area (Å²) >= 11 is 0. The van der Waals surface area contributed by atoms with E-state index in [0.717, 1.165) is 17.8 Å². The Kier molecular flexibility index (Phi) is 7.27. The van der Waals surface area contributed by atoms with Crippen LogP contribution in [-0.4, -0.2) is 13.7 Å². The van der Waals surface area contributed by atoms with Crippen molar-refractivity contribution in [3.05, 3.63) is 211 Å². The van der Waals surface area contributed by atoms with E-state index in [2.05, 4.69) is 221 Å². The van der Waals surface area contributed by atoms with Crippen LogP contribution in [0.1, 0.15) is 23.7 Å². The van der Waals surface area contributed by atoms with Crippen molar-refractivity contribution in [2.45, 2.75) is 13.3 Å². The van der Waals surface area contributed by atoms with Gasteiger partial charge in [0.2, 0.25) is 0 Å². The van der Waals surface area contributed by atoms with Gasteiger partial charge in [-0.25, -0.2) is 0 Å². The number of rotatable bonds is 5. The van der Waals surface area contributed by atoms with E-state index in [1.165, 1.54) is 93.7 Å². The monoisotopic (exact) mass is 741 g/mol. The molecule has 11 aromatic rings. The van der Waals surface area contributed by atoms with Gasteiger partial charge in [-0.1, -0.05) is 134 Å². The Morgan fingerprint density at radius 3 is 1.47 bits per heavy atom. The van der Waals surface area contributed by atoms with Crippen LogP contribution in [-0.2, 0) is 6.42 Å². The zero-order valence-electron chi connectivity index (χ0n) is 32.2. The summed E-state index contributed by atoms with van der Waals surface area (Å²) in [5.74, 6) is 0.341. The molecule has 0 saturated heterocycles. The third-order valence-electron chi connectivity index (χ3n) is 12.5. The molecule has 58 heavy (non-hydrogen) atoms. The summed E-state index contributed by atoms with van der Waals surface area (Å²) < 4.78 is 7.34. The highest BCUT2D eigenvalue weighted by molar-refractivity contribution is 6.11. The Morgan fingerprint density at radius 1 is 0.362 bits per heavy atom. The van der Waals surface area contributed by atoms with Gasteiger partial charge in [0.05, 0.1) is 27.6 Å². The summed E-state index contributed by atoms with van der Waals surface area (Å²) in [6, 6.07) is 71.1. The van der Waals surface area contributed by atoms with E-state index in [1.807, 2.05) is 0 Å². The third-order valence-corrected chi connectivity index (χ3v) is 12.5. The minimum atomic E-state index is 0.341. The minimum Gasteiger partial charge on any atom is -0.313 e. The lowest BCUT2D eigenvalue weighted by Crippen LogP contribution is -2.12. The zero-order valence-corrected chi connectivity index (χ0v) is 32.2. The first kappa shape index (κ1) is 32.8. The van der Waals surface area contributed by atoms with E-state index in [9.17, 15) is 0 Å². The normalized spacial score (nSPS) is 14.2. The fourth-order valence-corrected chi connectivity index (χ4v) is 9.88. The lowest BCUT2D eigenvalue weighted by molar-refractivity contribution is 0.708. The number of allylic oxidation sites excluding steroid dienone is 1. The van der Waals surface area contributed by atoms with Gasteiger partial charge in [-0.3, -0.25) is 0 Å². The molecular formula is C55H39N3. The second-order valence-electron chi connectivity index (χ2n) is 15.8. The SMILES string of the molecule is CC1Cc2c(c3ccccc3n2-c2ccc(-c3ccccc3)cc2)C=C1c1ccc2c(c1)c1ccccc1n2-c1cccc(-n2c3ccccc3c3ccccc32)c1. The minimum absolute atomic E-state index is 0.341. The molecule has 1 unspecified atom stereocenters. The molecule has 0 spiro atoms. The van der Waals surface area contributed by atoms with E-state index in [4.69, 9.17) is 0 Å². The van der Waals surface area contributed by atoms with Crippen LogP contribution in [0.2, 0.25) is 0 Å². The topological polar surface area (TPSA) is 14.8 Å². The van der Waals surface area contributed by atoms with Crippen LogP contribution in [0.25, 0.3) is 94.4 Å². The molecule has 0 radical (unpaired) electrons. The molecule has 3 aromatic heterocycles. The Labute approximate surface area is 337 Å². The molecule has 0 aliphatic heterocycles. The molecule has 8 aromatic carbocycles. The van der Waals surface area contributed by atoms with Crippen molar-refractivity contribution >= 4 is 66.2 Å². The molecule has 274 valence electrons. The third kappa shape index (κ3) is 4.93. The first-order chi connectivity index (χ1) is 28.7. The van der Waals surface area contributed by atoms with Gasteiger partial charge in [-0.05, 0) is 107 Å². The predicted octanol–water partition coefficient (Wildman–Crippen LogP) is 14.2. The van der Waals surface area contributed by atoms with Crippen molar-refractivity contribution in [1.82, 2.24) is 13.7 Å². The lowest BCUT2D eigenvalue weighted by atomic mass is 9.83. The van der Waals surface area contributed by atoms with Crippen molar-refractivity contribution in [3.63, 3.8) is 0 Å². The number of hydrogen-bond acceptors (Lipinski definition) is 0. The highest BCUT2D eigenvalue weighted by Crippen LogP contribution is 2.43. The summed E-state index contributed by atoms with van der Waals surface area (Å²) in [7, 11) is 0. The second kappa shape index (κ2) is 12.8. The van der Waals surface area contributed by atoms with Crippen molar-refractivity contribution in [2.24, 2.45) is 5.92 Å². The molecule has 0 amide bonds. The Balaban J connectivity index is 0.985. The molecule has 1 aliphatic carbocycles. The molecule has 12 rings (SSSR count). The first-order valence-electron chi connectivity index (χ1n) is 20.3. The standard InChI is InChI=1S/C55H39N3/c1-36-32-55-49(46-21-8-11-24-52(46)56(55)40-29-26-38(27-30-40)37-14-3-2-4-15-37)35-47(36)39-28-31-54-48(33-39)45-20-7-12-25-53(45)58(54)42-17-13-16-41(34-42)57-50-22-9-5-18-43(50)44-19-6-10-23-51(44)57/h2-31,33-36H,32H2,1H3. The van der Waals surface area contributed by atoms with Gasteiger partial charge < -0.3 is 13.7 Å². The second-order valence-corrected chi connectivity index (χ2v) is 15.8. The first-order valence-corrected chi connectivity index (χ1v) is 20.3. The van der Waals surface area contributed by atoms with Crippen molar-refractivity contribution in [2.75, 3.05) is 0 Å². The molecule has 0 saturated carbocycles. The Bertz CT molecular complexity index is 3370. The molecule has 3 heteroatoms. The van der Waals surface area contributed by atoms with Crippen LogP contribution in [0.4, 0.5) is 0 Å². The summed E-state index contributed by atoms with van der Waals surface area (Å²) in [4.78, 5) is 0. The fraction of sp³-hybridized carbons (Fsp3) is 0.0545. The lowest BCUT2D eigenvalue weighted by Gasteiger charge is -2.24. The van der Waals surface area contributed by atoms with Crippen LogP contribution >= 0.6 is 0 Å². The van der Waals surface area contributed by atoms with Crippen LogP contribution in [0.3, 0.4) is 0 Å². The maximum Gasteiger partial charge on any atom is 0.0541 e. The highest BCUT2D eigenvalue weighted by Gasteiger charge is 2.27. The Hall–Kier alpha value is -7.36. The van der Waals surface area contributed by atoms with Crippen LogP contribution < -0.4 is 0 Å². The largest absolute Gasteiger partial charge is 0.313 e. The smallest absolute Gasteiger partial charge is 0.0541 e. The van der Waals surface area contributed by atoms with Crippen LogP contribution in [0.5, 0.6) is 0 Å². The number of fused-ring (bicyclic) bond motifs is 9. The molecule has 3 heterocycles. The van der Waals surface area contributed by atoms with Crippen LogP contribution in [0, 0.1) is 5.92 Å². The van der Waals surface area contributed by atoms with Gasteiger partial charge in [-0.15, -0.1) is 0 Å². The van der Waals surface area contributed by atoms with E-state index in [0.29, 0.717) is 5.92 Å².